The number of hydrogen-bond donors (Lipinski definition) is 1. The maximum atomic E-state index is 11.4. The number of primary amides is 1. The lowest BCUT2D eigenvalue weighted by atomic mass is 9.96. The maximum absolute atomic E-state index is 11.4. The first-order chi connectivity index (χ1) is 10.9. The second-order valence-corrected chi connectivity index (χ2v) is 5.78. The molecule has 0 aliphatic rings. The Hall–Kier alpha value is -2.10. The van der Waals surface area contributed by atoms with Crippen LogP contribution in [0.3, 0.4) is 0 Å². The van der Waals surface area contributed by atoms with E-state index in [9.17, 15) is 9.59 Å². The lowest BCUT2D eigenvalue weighted by Gasteiger charge is -2.19. The zero-order chi connectivity index (χ0) is 17.2. The van der Waals surface area contributed by atoms with Gasteiger partial charge in [-0.25, -0.2) is 0 Å². The molecule has 1 aromatic carbocycles. The fourth-order valence-corrected chi connectivity index (χ4v) is 2.47. The molecule has 0 aromatic heterocycles. The number of carbonyl (C=O) groups excluding carboxylic acids is 2. The highest BCUT2D eigenvalue weighted by atomic mass is 16.5. The van der Waals surface area contributed by atoms with Gasteiger partial charge in [0.25, 0.3) is 0 Å². The van der Waals surface area contributed by atoms with Crippen molar-refractivity contribution in [1.29, 1.82) is 0 Å². The number of esters is 1. The molecule has 4 nitrogen and oxygen atoms in total. The molecular formula is C19H27NO3. The van der Waals surface area contributed by atoms with E-state index in [0.29, 0.717) is 6.42 Å². The summed E-state index contributed by atoms with van der Waals surface area (Å²) in [6.45, 7) is 5.55. The number of allylic oxidation sites excluding steroid dienone is 1. The molecule has 0 unspecified atom stereocenters. The van der Waals surface area contributed by atoms with Crippen LogP contribution in [0.5, 0.6) is 0 Å². The van der Waals surface area contributed by atoms with Crippen LogP contribution in [0.2, 0.25) is 0 Å². The Balaban J connectivity index is 2.91. The van der Waals surface area contributed by atoms with E-state index >= 15 is 0 Å². The van der Waals surface area contributed by atoms with E-state index in [-0.39, 0.29) is 18.0 Å². The van der Waals surface area contributed by atoms with Crippen molar-refractivity contribution in [3.05, 3.63) is 41.0 Å². The molecule has 0 aliphatic carbocycles. The van der Waals surface area contributed by atoms with Gasteiger partial charge in [0.1, 0.15) is 6.10 Å². The minimum atomic E-state index is -0.271. The first kappa shape index (κ1) is 18.9. The normalized spacial score (nSPS) is 12.3. The van der Waals surface area contributed by atoms with E-state index in [4.69, 9.17) is 10.5 Å². The second-order valence-electron chi connectivity index (χ2n) is 5.78. The number of aryl methyl sites for hydroxylation is 1. The summed E-state index contributed by atoms with van der Waals surface area (Å²) in [5, 5.41) is 0. The first-order valence-electron chi connectivity index (χ1n) is 8.16. The van der Waals surface area contributed by atoms with Gasteiger partial charge in [0.15, 0.2) is 0 Å². The van der Waals surface area contributed by atoms with E-state index in [2.05, 4.69) is 13.0 Å². The number of nitrogens with two attached hydrogens (primary N) is 1. The molecule has 1 atom stereocenters. The fourth-order valence-electron chi connectivity index (χ4n) is 2.47. The summed E-state index contributed by atoms with van der Waals surface area (Å²) in [5.41, 5.74) is 8.36. The molecule has 0 spiro atoms. The molecule has 23 heavy (non-hydrogen) atoms. The molecule has 0 fully saturated rings. The maximum Gasteiger partial charge on any atom is 0.303 e. The molecule has 1 rings (SSSR count). The van der Waals surface area contributed by atoms with Crippen LogP contribution in [0.25, 0.3) is 6.08 Å². The number of ether oxygens (including phenoxy) is 1. The Morgan fingerprint density at radius 1 is 1.35 bits per heavy atom. The second kappa shape index (κ2) is 9.82. The van der Waals surface area contributed by atoms with Crippen LogP contribution in [0.1, 0.15) is 68.7 Å². The predicted octanol–water partition coefficient (Wildman–Crippen LogP) is 4.07. The van der Waals surface area contributed by atoms with Gasteiger partial charge in [0, 0.05) is 13.3 Å². The highest BCUT2D eigenvalue weighted by Crippen LogP contribution is 2.28. The average Bonchev–Trinajstić information content (AvgIpc) is 2.47. The van der Waals surface area contributed by atoms with Crippen molar-refractivity contribution in [3.8, 4) is 0 Å². The van der Waals surface area contributed by atoms with E-state index in [1.165, 1.54) is 6.92 Å². The van der Waals surface area contributed by atoms with E-state index in [1.54, 1.807) is 0 Å². The fraction of sp³-hybridized carbons (Fsp3) is 0.474. The van der Waals surface area contributed by atoms with Crippen LogP contribution in [-0.4, -0.2) is 11.9 Å². The van der Waals surface area contributed by atoms with Crippen molar-refractivity contribution < 1.29 is 14.3 Å². The molecule has 0 radical (unpaired) electrons. The SMILES string of the molecule is CCC[C@H](OC(C)=O)c1cc(C)ccc1C=CCCCC(N)=O. The third-order valence-corrected chi connectivity index (χ3v) is 3.54. The number of amides is 1. The van der Waals surface area contributed by atoms with Crippen molar-refractivity contribution in [2.24, 2.45) is 5.73 Å². The summed E-state index contributed by atoms with van der Waals surface area (Å²) in [6, 6.07) is 6.16. The molecule has 1 aromatic rings. The number of benzene rings is 1. The molecule has 2 N–H and O–H groups in total. The van der Waals surface area contributed by atoms with Gasteiger partial charge >= 0.3 is 5.97 Å². The largest absolute Gasteiger partial charge is 0.458 e. The predicted molar refractivity (Wildman–Crippen MR) is 92.7 cm³/mol. The smallest absolute Gasteiger partial charge is 0.303 e. The Morgan fingerprint density at radius 3 is 2.70 bits per heavy atom. The number of rotatable bonds is 9. The molecule has 0 saturated heterocycles. The van der Waals surface area contributed by atoms with Gasteiger partial charge in [-0.15, -0.1) is 0 Å². The summed E-state index contributed by atoms with van der Waals surface area (Å²) < 4.78 is 5.50. The summed E-state index contributed by atoms with van der Waals surface area (Å²) in [6.07, 6.45) is 7.52. The molecular weight excluding hydrogens is 290 g/mol. The third-order valence-electron chi connectivity index (χ3n) is 3.54. The van der Waals surface area contributed by atoms with Gasteiger partial charge in [-0.05, 0) is 37.3 Å². The highest BCUT2D eigenvalue weighted by Gasteiger charge is 2.16. The van der Waals surface area contributed by atoms with E-state index < -0.39 is 0 Å². The Kier molecular flexibility index (Phi) is 8.09. The van der Waals surface area contributed by atoms with Crippen LogP contribution < -0.4 is 5.73 Å². The van der Waals surface area contributed by atoms with Crippen LogP contribution >= 0.6 is 0 Å². The monoisotopic (exact) mass is 317 g/mol. The van der Waals surface area contributed by atoms with Crippen molar-refractivity contribution in [1.82, 2.24) is 0 Å². The summed E-state index contributed by atoms with van der Waals surface area (Å²) >= 11 is 0. The summed E-state index contributed by atoms with van der Waals surface area (Å²) in [4.78, 5) is 22.1. The zero-order valence-electron chi connectivity index (χ0n) is 14.3. The number of hydrogen-bond acceptors (Lipinski definition) is 3. The van der Waals surface area contributed by atoms with Crippen molar-refractivity contribution in [2.45, 2.75) is 59.0 Å². The minimum Gasteiger partial charge on any atom is -0.458 e. The van der Waals surface area contributed by atoms with Gasteiger partial charge in [-0.1, -0.05) is 49.3 Å². The minimum absolute atomic E-state index is 0.220. The summed E-state index contributed by atoms with van der Waals surface area (Å²) in [5.74, 6) is -0.534. The molecule has 4 heteroatoms. The van der Waals surface area contributed by atoms with Crippen molar-refractivity contribution in [3.63, 3.8) is 0 Å². The molecule has 1 amide bonds. The standard InChI is InChI=1S/C19H27NO3/c1-4-8-18(23-15(3)21)17-13-14(2)11-12-16(17)9-6-5-7-10-19(20)22/h6,9,11-13,18H,4-5,7-8,10H2,1-3H3,(H2,20,22)/t18-/m0/s1. The van der Waals surface area contributed by atoms with Gasteiger partial charge < -0.3 is 10.5 Å². The summed E-state index contributed by atoms with van der Waals surface area (Å²) in [7, 11) is 0. The lowest BCUT2D eigenvalue weighted by molar-refractivity contribution is -0.147. The quantitative estimate of drug-likeness (QED) is 0.551. The van der Waals surface area contributed by atoms with Crippen LogP contribution in [-0.2, 0) is 14.3 Å². The third kappa shape index (κ3) is 7.13. The molecule has 0 aliphatic heterocycles. The van der Waals surface area contributed by atoms with Crippen molar-refractivity contribution >= 4 is 18.0 Å². The molecule has 0 saturated carbocycles. The Bertz CT molecular complexity index is 564. The van der Waals surface area contributed by atoms with Crippen LogP contribution in [0.15, 0.2) is 24.3 Å². The Labute approximate surface area is 138 Å². The molecule has 0 heterocycles. The van der Waals surface area contributed by atoms with Gasteiger partial charge in [-0.2, -0.15) is 0 Å². The van der Waals surface area contributed by atoms with Gasteiger partial charge in [0.2, 0.25) is 5.91 Å². The van der Waals surface area contributed by atoms with Gasteiger partial charge in [0.05, 0.1) is 0 Å². The highest BCUT2D eigenvalue weighted by molar-refractivity contribution is 5.73. The molecule has 0 bridgehead atoms. The van der Waals surface area contributed by atoms with Crippen LogP contribution in [0.4, 0.5) is 0 Å². The van der Waals surface area contributed by atoms with E-state index in [1.807, 2.05) is 31.2 Å². The Morgan fingerprint density at radius 2 is 2.09 bits per heavy atom. The topological polar surface area (TPSA) is 69.4 Å². The lowest BCUT2D eigenvalue weighted by Crippen LogP contribution is -2.10. The van der Waals surface area contributed by atoms with E-state index in [0.717, 1.165) is 42.4 Å². The number of carbonyl (C=O) groups is 2. The number of unbranched alkanes of at least 4 members (excludes halogenated alkanes) is 1. The zero-order valence-corrected chi connectivity index (χ0v) is 14.3. The van der Waals surface area contributed by atoms with Gasteiger partial charge in [-0.3, -0.25) is 9.59 Å². The first-order valence-corrected chi connectivity index (χ1v) is 8.16. The molecule has 126 valence electrons. The van der Waals surface area contributed by atoms with Crippen LogP contribution in [0, 0.1) is 6.92 Å². The average molecular weight is 317 g/mol. The van der Waals surface area contributed by atoms with Crippen molar-refractivity contribution in [2.75, 3.05) is 0 Å².